The fraction of sp³-hybridized carbons (Fsp3) is 0.400. The van der Waals surface area contributed by atoms with Crippen molar-refractivity contribution in [2.45, 2.75) is 31.6 Å². The van der Waals surface area contributed by atoms with Crippen molar-refractivity contribution in [3.63, 3.8) is 0 Å². The molecule has 0 saturated heterocycles. The van der Waals surface area contributed by atoms with Gasteiger partial charge in [0, 0.05) is 11.6 Å². The Balaban J connectivity index is 1.50. The van der Waals surface area contributed by atoms with Gasteiger partial charge >= 0.3 is 0 Å². The quantitative estimate of drug-likeness (QED) is 0.888. The summed E-state index contributed by atoms with van der Waals surface area (Å²) in [7, 11) is 0. The van der Waals surface area contributed by atoms with Gasteiger partial charge in [0.25, 0.3) is 5.89 Å². The van der Waals surface area contributed by atoms with E-state index in [9.17, 15) is 4.79 Å². The molecule has 0 spiro atoms. The predicted molar refractivity (Wildman–Crippen MR) is 81.8 cm³/mol. The lowest BCUT2D eigenvalue weighted by molar-refractivity contribution is -0.118. The third-order valence-corrected chi connectivity index (χ3v) is 4.10. The van der Waals surface area contributed by atoms with Crippen LogP contribution in [0.1, 0.15) is 24.2 Å². The minimum atomic E-state index is 0.0877. The number of thioether (sulfide) groups is 1. The zero-order chi connectivity index (χ0) is 14.7. The van der Waals surface area contributed by atoms with Crippen molar-refractivity contribution in [2.75, 3.05) is 5.75 Å². The van der Waals surface area contributed by atoms with Crippen LogP contribution in [0.4, 0.5) is 0 Å². The van der Waals surface area contributed by atoms with Crippen molar-refractivity contribution in [2.24, 2.45) is 0 Å². The van der Waals surface area contributed by atoms with Crippen LogP contribution in [-0.2, 0) is 10.5 Å². The number of benzene rings is 1. The average molecular weight is 303 g/mol. The van der Waals surface area contributed by atoms with Crippen molar-refractivity contribution in [1.29, 1.82) is 0 Å². The minimum absolute atomic E-state index is 0.0877. The smallest absolute Gasteiger partial charge is 0.257 e. The number of nitrogens with one attached hydrogen (secondary N) is 1. The maximum atomic E-state index is 11.5. The molecule has 0 bridgehead atoms. The number of aryl methyl sites for hydroxylation is 1. The molecule has 3 rings (SSSR count). The molecule has 0 atom stereocenters. The van der Waals surface area contributed by atoms with E-state index in [1.165, 1.54) is 17.3 Å². The van der Waals surface area contributed by atoms with Crippen molar-refractivity contribution in [3.05, 3.63) is 35.7 Å². The summed E-state index contributed by atoms with van der Waals surface area (Å²) in [5.74, 6) is 2.24. The van der Waals surface area contributed by atoms with Crippen LogP contribution in [0.5, 0.6) is 0 Å². The van der Waals surface area contributed by atoms with Crippen molar-refractivity contribution < 1.29 is 9.32 Å². The summed E-state index contributed by atoms with van der Waals surface area (Å²) in [6.45, 7) is 2.03. The molecule has 0 aliphatic heterocycles. The molecule has 1 amide bonds. The predicted octanol–water partition coefficient (Wildman–Crippen LogP) is 2.56. The summed E-state index contributed by atoms with van der Waals surface area (Å²) >= 11 is 1.50. The third-order valence-electron chi connectivity index (χ3n) is 3.17. The van der Waals surface area contributed by atoms with Crippen LogP contribution in [0.15, 0.2) is 28.8 Å². The first-order valence-electron chi connectivity index (χ1n) is 6.97. The van der Waals surface area contributed by atoms with Crippen LogP contribution >= 0.6 is 11.8 Å². The second kappa shape index (κ2) is 6.30. The summed E-state index contributed by atoms with van der Waals surface area (Å²) in [6, 6.07) is 8.36. The van der Waals surface area contributed by atoms with Crippen molar-refractivity contribution in [3.8, 4) is 11.5 Å². The molecule has 1 aromatic heterocycles. The van der Waals surface area contributed by atoms with Crippen LogP contribution in [-0.4, -0.2) is 27.8 Å². The molecule has 1 heterocycles. The Morgan fingerprint density at radius 3 is 2.86 bits per heavy atom. The maximum absolute atomic E-state index is 11.5. The molecule has 1 saturated carbocycles. The van der Waals surface area contributed by atoms with Gasteiger partial charge in [0.15, 0.2) is 5.82 Å². The molecule has 5 nitrogen and oxygen atoms in total. The average Bonchev–Trinajstić information content (AvgIpc) is 3.15. The van der Waals surface area contributed by atoms with Gasteiger partial charge in [-0.3, -0.25) is 4.79 Å². The molecule has 21 heavy (non-hydrogen) atoms. The van der Waals surface area contributed by atoms with Gasteiger partial charge in [0.05, 0.1) is 11.5 Å². The lowest BCUT2D eigenvalue weighted by Crippen LogP contribution is -2.27. The van der Waals surface area contributed by atoms with Crippen LogP contribution in [0.3, 0.4) is 0 Å². The molecule has 1 N–H and O–H groups in total. The van der Waals surface area contributed by atoms with Gasteiger partial charge in [0.2, 0.25) is 5.91 Å². The molecule has 6 heteroatoms. The molecule has 1 fully saturated rings. The molecule has 1 aromatic carbocycles. The zero-order valence-electron chi connectivity index (χ0n) is 11.8. The summed E-state index contributed by atoms with van der Waals surface area (Å²) in [4.78, 5) is 15.9. The second-order valence-corrected chi connectivity index (χ2v) is 6.20. The van der Waals surface area contributed by atoms with E-state index in [2.05, 4.69) is 15.5 Å². The highest BCUT2D eigenvalue weighted by Gasteiger charge is 2.23. The molecule has 1 aliphatic carbocycles. The highest BCUT2D eigenvalue weighted by atomic mass is 32.2. The van der Waals surface area contributed by atoms with Gasteiger partial charge in [-0.05, 0) is 31.9 Å². The largest absolute Gasteiger partial charge is 0.353 e. The molecule has 2 aromatic rings. The molecular weight excluding hydrogens is 286 g/mol. The minimum Gasteiger partial charge on any atom is -0.353 e. The van der Waals surface area contributed by atoms with Gasteiger partial charge in [-0.25, -0.2) is 0 Å². The normalized spacial score (nSPS) is 14.1. The van der Waals surface area contributed by atoms with E-state index in [0.29, 0.717) is 29.3 Å². The number of carbonyl (C=O) groups excluding carboxylic acids is 1. The first-order valence-corrected chi connectivity index (χ1v) is 8.13. The fourth-order valence-electron chi connectivity index (χ4n) is 1.86. The van der Waals surface area contributed by atoms with Crippen molar-refractivity contribution >= 4 is 17.7 Å². The Hall–Kier alpha value is -1.82. The van der Waals surface area contributed by atoms with Gasteiger partial charge in [-0.1, -0.05) is 22.9 Å². The van der Waals surface area contributed by atoms with E-state index in [-0.39, 0.29) is 5.91 Å². The van der Waals surface area contributed by atoms with E-state index in [0.717, 1.165) is 18.4 Å². The number of nitrogens with zero attached hydrogens (tertiary/aromatic N) is 2. The van der Waals surface area contributed by atoms with Crippen LogP contribution in [0, 0.1) is 6.92 Å². The molecule has 110 valence electrons. The number of hydrogen-bond donors (Lipinski definition) is 1. The summed E-state index contributed by atoms with van der Waals surface area (Å²) < 4.78 is 5.25. The van der Waals surface area contributed by atoms with E-state index < -0.39 is 0 Å². The Kier molecular flexibility index (Phi) is 4.24. The fourth-order valence-corrected chi connectivity index (χ4v) is 2.53. The second-order valence-electron chi connectivity index (χ2n) is 5.22. The van der Waals surface area contributed by atoms with E-state index in [1.54, 1.807) is 0 Å². The van der Waals surface area contributed by atoms with E-state index in [1.807, 2.05) is 31.2 Å². The molecule has 0 radical (unpaired) electrons. The lowest BCUT2D eigenvalue weighted by Gasteiger charge is -2.00. The zero-order valence-corrected chi connectivity index (χ0v) is 12.7. The topological polar surface area (TPSA) is 68.0 Å². The number of rotatable bonds is 6. The monoisotopic (exact) mass is 303 g/mol. The Morgan fingerprint density at radius 2 is 2.14 bits per heavy atom. The summed E-state index contributed by atoms with van der Waals surface area (Å²) in [5, 5.41) is 6.90. The standard InChI is InChI=1S/C15H17N3O2S/c1-10-2-4-11(5-3-10)15-17-13(18-20-15)8-21-9-14(19)16-12-6-7-12/h2-5,12H,6-9H2,1H3,(H,16,19). The van der Waals surface area contributed by atoms with Crippen LogP contribution < -0.4 is 5.32 Å². The van der Waals surface area contributed by atoms with Gasteiger partial charge in [0.1, 0.15) is 0 Å². The maximum Gasteiger partial charge on any atom is 0.257 e. The highest BCUT2D eigenvalue weighted by molar-refractivity contribution is 7.99. The number of carbonyl (C=O) groups is 1. The van der Waals surface area contributed by atoms with Gasteiger partial charge < -0.3 is 9.84 Å². The number of hydrogen-bond acceptors (Lipinski definition) is 5. The first-order chi connectivity index (χ1) is 10.2. The summed E-state index contributed by atoms with van der Waals surface area (Å²) in [5.41, 5.74) is 2.10. The van der Waals surface area contributed by atoms with Crippen molar-refractivity contribution in [1.82, 2.24) is 15.5 Å². The van der Waals surface area contributed by atoms with Crippen LogP contribution in [0.2, 0.25) is 0 Å². The van der Waals surface area contributed by atoms with Gasteiger partial charge in [-0.2, -0.15) is 4.98 Å². The summed E-state index contributed by atoms with van der Waals surface area (Å²) in [6.07, 6.45) is 2.22. The van der Waals surface area contributed by atoms with Crippen LogP contribution in [0.25, 0.3) is 11.5 Å². The van der Waals surface area contributed by atoms with E-state index in [4.69, 9.17) is 4.52 Å². The van der Waals surface area contributed by atoms with E-state index >= 15 is 0 Å². The molecular formula is C15H17N3O2S. The SMILES string of the molecule is Cc1ccc(-c2nc(CSCC(=O)NC3CC3)no2)cc1. The first kappa shape index (κ1) is 14.1. The molecule has 1 aliphatic rings. The number of aromatic nitrogens is 2. The highest BCUT2D eigenvalue weighted by Crippen LogP contribution is 2.20. The molecule has 0 unspecified atom stereocenters. The third kappa shape index (κ3) is 4.07. The lowest BCUT2D eigenvalue weighted by atomic mass is 10.1. The Bertz CT molecular complexity index is 620. The number of amides is 1. The Labute approximate surface area is 127 Å². The Morgan fingerprint density at radius 1 is 1.38 bits per heavy atom. The van der Waals surface area contributed by atoms with Gasteiger partial charge in [-0.15, -0.1) is 11.8 Å².